The highest BCUT2D eigenvalue weighted by molar-refractivity contribution is 6.64. The van der Waals surface area contributed by atoms with E-state index in [2.05, 4.69) is 0 Å². The third kappa shape index (κ3) is 3.86. The van der Waals surface area contributed by atoms with Crippen molar-refractivity contribution in [2.24, 2.45) is 0 Å². The molecule has 0 saturated heterocycles. The summed E-state index contributed by atoms with van der Waals surface area (Å²) in [5.74, 6) is 1.63. The van der Waals surface area contributed by atoms with Gasteiger partial charge >= 0.3 is 6.92 Å². The van der Waals surface area contributed by atoms with E-state index in [1.165, 1.54) is 0 Å². The largest absolute Gasteiger partial charge is 0.493 e. The molecule has 0 aromatic heterocycles. The first kappa shape index (κ1) is 15.6. The van der Waals surface area contributed by atoms with Gasteiger partial charge in [-0.15, -0.1) is 0 Å². The van der Waals surface area contributed by atoms with Gasteiger partial charge < -0.3 is 19.2 Å². The van der Waals surface area contributed by atoms with Gasteiger partial charge in [0.25, 0.3) is 0 Å². The number of hydrogen-bond acceptors (Lipinski definition) is 4. The highest BCUT2D eigenvalue weighted by Gasteiger charge is 2.16. The average molecular weight is 240 g/mol. The Labute approximate surface area is 104 Å². The van der Waals surface area contributed by atoms with Crippen LogP contribution in [0, 0.1) is 0 Å². The monoisotopic (exact) mass is 240 g/mol. The SMILES string of the molecule is CC.COc1cc(B(C)O)cc(OC)c1OC. The zero-order valence-electron chi connectivity index (χ0n) is 11.4. The lowest BCUT2D eigenvalue weighted by Gasteiger charge is -2.14. The molecule has 1 rings (SSSR count). The second-order valence-corrected chi connectivity index (χ2v) is 3.13. The summed E-state index contributed by atoms with van der Waals surface area (Å²) in [6.07, 6.45) is 0. The fourth-order valence-electron chi connectivity index (χ4n) is 1.34. The zero-order chi connectivity index (χ0) is 13.4. The second kappa shape index (κ2) is 7.84. The maximum atomic E-state index is 9.48. The minimum absolute atomic E-state index is 0.532. The molecule has 0 bridgehead atoms. The first-order valence-electron chi connectivity index (χ1n) is 5.62. The topological polar surface area (TPSA) is 47.9 Å². The van der Waals surface area contributed by atoms with Crippen LogP contribution in [0.3, 0.4) is 0 Å². The van der Waals surface area contributed by atoms with Gasteiger partial charge in [-0.1, -0.05) is 20.7 Å². The fraction of sp³-hybridized carbons (Fsp3) is 0.500. The van der Waals surface area contributed by atoms with Crippen LogP contribution in [0.1, 0.15) is 13.8 Å². The molecule has 0 heterocycles. The van der Waals surface area contributed by atoms with Crippen LogP contribution in [0.5, 0.6) is 17.2 Å². The van der Waals surface area contributed by atoms with Crippen molar-refractivity contribution >= 4 is 12.4 Å². The van der Waals surface area contributed by atoms with Crippen molar-refractivity contribution in [2.45, 2.75) is 20.7 Å². The summed E-state index contributed by atoms with van der Waals surface area (Å²) < 4.78 is 15.5. The number of methoxy groups -OCH3 is 3. The van der Waals surface area contributed by atoms with E-state index in [-0.39, 0.29) is 0 Å². The molecule has 0 fully saturated rings. The highest BCUT2D eigenvalue weighted by atomic mass is 16.5. The van der Waals surface area contributed by atoms with Crippen molar-refractivity contribution in [1.29, 1.82) is 0 Å². The van der Waals surface area contributed by atoms with Crippen LogP contribution in [0.15, 0.2) is 12.1 Å². The van der Waals surface area contributed by atoms with E-state index < -0.39 is 6.92 Å². The van der Waals surface area contributed by atoms with Gasteiger partial charge in [-0.2, -0.15) is 0 Å². The first-order valence-corrected chi connectivity index (χ1v) is 5.62. The van der Waals surface area contributed by atoms with Crippen molar-refractivity contribution in [2.75, 3.05) is 21.3 Å². The quantitative estimate of drug-likeness (QED) is 0.811. The first-order chi connectivity index (χ1) is 8.13. The van der Waals surface area contributed by atoms with Crippen LogP contribution < -0.4 is 19.7 Å². The molecule has 0 atom stereocenters. The molecule has 0 saturated carbocycles. The molecule has 1 aromatic rings. The number of rotatable bonds is 4. The molecule has 1 N–H and O–H groups in total. The van der Waals surface area contributed by atoms with Crippen LogP contribution in [0.2, 0.25) is 6.82 Å². The van der Waals surface area contributed by atoms with E-state index in [1.807, 2.05) is 13.8 Å². The van der Waals surface area contributed by atoms with Gasteiger partial charge in [-0.3, -0.25) is 0 Å². The maximum Gasteiger partial charge on any atom is 0.320 e. The lowest BCUT2D eigenvalue weighted by atomic mass is 9.64. The lowest BCUT2D eigenvalue weighted by Crippen LogP contribution is -2.26. The van der Waals surface area contributed by atoms with Crippen molar-refractivity contribution in [1.82, 2.24) is 0 Å². The Hall–Kier alpha value is -1.36. The molecule has 0 aliphatic carbocycles. The molecule has 17 heavy (non-hydrogen) atoms. The maximum absolute atomic E-state index is 9.48. The summed E-state index contributed by atoms with van der Waals surface area (Å²) in [6, 6.07) is 3.46. The zero-order valence-corrected chi connectivity index (χ0v) is 11.4. The third-order valence-electron chi connectivity index (χ3n) is 2.17. The molecule has 0 spiro atoms. The highest BCUT2D eigenvalue weighted by Crippen LogP contribution is 2.35. The average Bonchev–Trinajstić information content (AvgIpc) is 2.38. The molecule has 1 aromatic carbocycles. The molecule has 0 unspecified atom stereocenters. The minimum Gasteiger partial charge on any atom is -0.493 e. The Morgan fingerprint density at radius 1 is 0.941 bits per heavy atom. The minimum atomic E-state index is -0.571. The predicted molar refractivity (Wildman–Crippen MR) is 70.9 cm³/mol. The Morgan fingerprint density at radius 2 is 1.35 bits per heavy atom. The van der Waals surface area contributed by atoms with E-state index in [9.17, 15) is 5.02 Å². The van der Waals surface area contributed by atoms with E-state index in [4.69, 9.17) is 14.2 Å². The Balaban J connectivity index is 0.00000121. The van der Waals surface area contributed by atoms with Crippen LogP contribution in [0.4, 0.5) is 0 Å². The van der Waals surface area contributed by atoms with E-state index in [0.717, 1.165) is 5.46 Å². The Morgan fingerprint density at radius 3 is 1.59 bits per heavy atom. The number of hydrogen-bond donors (Lipinski definition) is 1. The van der Waals surface area contributed by atoms with Gasteiger partial charge in [0, 0.05) is 0 Å². The third-order valence-corrected chi connectivity index (χ3v) is 2.17. The van der Waals surface area contributed by atoms with Gasteiger partial charge in [0.15, 0.2) is 11.5 Å². The van der Waals surface area contributed by atoms with Gasteiger partial charge in [0.2, 0.25) is 5.75 Å². The van der Waals surface area contributed by atoms with Crippen molar-refractivity contribution in [3.63, 3.8) is 0 Å². The van der Waals surface area contributed by atoms with Crippen LogP contribution in [-0.2, 0) is 0 Å². The van der Waals surface area contributed by atoms with Crippen LogP contribution in [0.25, 0.3) is 0 Å². The van der Waals surface area contributed by atoms with Gasteiger partial charge in [-0.25, -0.2) is 0 Å². The molecule has 96 valence electrons. The number of ether oxygens (including phenoxy) is 3. The lowest BCUT2D eigenvalue weighted by molar-refractivity contribution is 0.325. The predicted octanol–water partition coefficient (Wildman–Crippen LogP) is 1.56. The molecular formula is C12H21BO4. The second-order valence-electron chi connectivity index (χ2n) is 3.13. The van der Waals surface area contributed by atoms with Crippen LogP contribution in [-0.4, -0.2) is 33.3 Å². The summed E-state index contributed by atoms with van der Waals surface area (Å²) in [5.41, 5.74) is 0.726. The summed E-state index contributed by atoms with van der Waals surface area (Å²) in [4.78, 5) is 0. The molecular weight excluding hydrogens is 219 g/mol. The molecule has 0 aliphatic heterocycles. The summed E-state index contributed by atoms with van der Waals surface area (Å²) in [7, 11) is 4.63. The molecule has 0 radical (unpaired) electrons. The molecule has 5 heteroatoms. The summed E-state index contributed by atoms with van der Waals surface area (Å²) in [6.45, 7) is 5.11. The fourth-order valence-corrected chi connectivity index (χ4v) is 1.34. The standard InChI is InChI=1S/C10H15BO4.C2H6/c1-11(12)7-5-8(13-2)10(15-4)9(6-7)14-3;1-2/h5-6,12H,1-4H3;1-2H3. The smallest absolute Gasteiger partial charge is 0.320 e. The van der Waals surface area contributed by atoms with Crippen molar-refractivity contribution in [3.8, 4) is 17.2 Å². The normalized spacial score (nSPS) is 8.88. The van der Waals surface area contributed by atoms with Gasteiger partial charge in [0.1, 0.15) is 0 Å². The Bertz CT molecular complexity index is 314. The summed E-state index contributed by atoms with van der Waals surface area (Å²) in [5, 5.41) is 9.48. The molecule has 0 amide bonds. The van der Waals surface area contributed by atoms with Gasteiger partial charge in [-0.05, 0) is 17.6 Å². The van der Waals surface area contributed by atoms with Crippen LogP contribution >= 0.6 is 0 Å². The van der Waals surface area contributed by atoms with Crippen molar-refractivity contribution in [3.05, 3.63) is 12.1 Å². The summed E-state index contributed by atoms with van der Waals surface area (Å²) >= 11 is 0. The van der Waals surface area contributed by atoms with E-state index in [1.54, 1.807) is 40.3 Å². The van der Waals surface area contributed by atoms with Crippen molar-refractivity contribution < 1.29 is 19.2 Å². The van der Waals surface area contributed by atoms with E-state index >= 15 is 0 Å². The van der Waals surface area contributed by atoms with E-state index in [0.29, 0.717) is 17.2 Å². The number of benzene rings is 1. The molecule has 4 nitrogen and oxygen atoms in total. The molecule has 0 aliphatic rings. The van der Waals surface area contributed by atoms with Gasteiger partial charge in [0.05, 0.1) is 21.3 Å². The Kier molecular flexibility index (Phi) is 7.22.